The van der Waals surface area contributed by atoms with Gasteiger partial charge in [-0.05, 0) is 40.9 Å². The highest BCUT2D eigenvalue weighted by molar-refractivity contribution is 6.93. The summed E-state index contributed by atoms with van der Waals surface area (Å²) in [6.45, 7) is 16.6. The fourth-order valence-electron chi connectivity index (χ4n) is 5.79. The van der Waals surface area contributed by atoms with E-state index in [1.807, 2.05) is 36.7 Å². The number of halogens is 1. The Morgan fingerprint density at radius 1 is 0.970 bits per heavy atom. The summed E-state index contributed by atoms with van der Waals surface area (Å²) in [5.74, 6) is 1.72. The number of oxazole rings is 1. The zero-order valence-electron chi connectivity index (χ0n) is 20.6. The molecule has 0 fully saturated rings. The van der Waals surface area contributed by atoms with E-state index in [9.17, 15) is 0 Å². The van der Waals surface area contributed by atoms with Gasteiger partial charge >= 0.3 is 0 Å². The molecule has 3 heterocycles. The molecule has 1 aromatic carbocycles. The molecule has 176 valence electrons. The summed E-state index contributed by atoms with van der Waals surface area (Å²) in [5.41, 5.74) is 6.08. The number of hydrogen-bond acceptors (Lipinski definition) is 5. The predicted molar refractivity (Wildman–Crippen MR) is 137 cm³/mol. The van der Waals surface area contributed by atoms with Crippen LogP contribution in [-0.2, 0) is 19.5 Å². The summed E-state index contributed by atoms with van der Waals surface area (Å²) in [6, 6.07) is 7.69. The SMILES string of the molecule is CC(C)[Si](c1ncc(CN2CCc3nc(-c4ccc(Cl)cc4)ncc3C2)o1)(C(C)C)C(C)C. The van der Waals surface area contributed by atoms with Crippen molar-refractivity contribution < 1.29 is 4.42 Å². The van der Waals surface area contributed by atoms with Crippen molar-refractivity contribution in [2.24, 2.45) is 0 Å². The van der Waals surface area contributed by atoms with Crippen molar-refractivity contribution in [1.29, 1.82) is 0 Å². The zero-order valence-corrected chi connectivity index (χ0v) is 22.4. The lowest BCUT2D eigenvalue weighted by Crippen LogP contribution is -2.56. The molecule has 0 saturated heterocycles. The molecule has 0 amide bonds. The van der Waals surface area contributed by atoms with Crippen molar-refractivity contribution in [2.75, 3.05) is 6.54 Å². The topological polar surface area (TPSA) is 55.1 Å². The first-order valence-electron chi connectivity index (χ1n) is 12.0. The Morgan fingerprint density at radius 2 is 1.64 bits per heavy atom. The van der Waals surface area contributed by atoms with Crippen molar-refractivity contribution in [3.05, 3.63) is 58.7 Å². The van der Waals surface area contributed by atoms with Crippen LogP contribution in [-0.4, -0.2) is 34.5 Å². The summed E-state index contributed by atoms with van der Waals surface area (Å²) in [6.07, 6.45) is 4.83. The third kappa shape index (κ3) is 4.66. The fourth-order valence-corrected chi connectivity index (χ4v) is 12.0. The van der Waals surface area contributed by atoms with E-state index in [0.717, 1.165) is 59.4 Å². The van der Waals surface area contributed by atoms with E-state index in [1.54, 1.807) is 0 Å². The molecule has 7 heteroatoms. The highest BCUT2D eigenvalue weighted by atomic mass is 35.5. The zero-order chi connectivity index (χ0) is 23.8. The maximum Gasteiger partial charge on any atom is 0.167 e. The smallest absolute Gasteiger partial charge is 0.167 e. The largest absolute Gasteiger partial charge is 0.449 e. The van der Waals surface area contributed by atoms with Gasteiger partial charge in [0, 0.05) is 41.9 Å². The number of nitrogens with zero attached hydrogens (tertiary/aromatic N) is 4. The summed E-state index contributed by atoms with van der Waals surface area (Å²) in [5, 5.41) is 0.720. The molecular weight excluding hydrogens is 448 g/mol. The van der Waals surface area contributed by atoms with Crippen LogP contribution < -0.4 is 5.51 Å². The maximum atomic E-state index is 6.48. The molecule has 0 bridgehead atoms. The van der Waals surface area contributed by atoms with Crippen molar-refractivity contribution in [1.82, 2.24) is 19.9 Å². The second-order valence-electron chi connectivity index (χ2n) is 10.2. The van der Waals surface area contributed by atoms with Crippen LogP contribution in [0.5, 0.6) is 0 Å². The average Bonchev–Trinajstić information content (AvgIpc) is 3.22. The van der Waals surface area contributed by atoms with Gasteiger partial charge in [0.2, 0.25) is 0 Å². The second-order valence-corrected chi connectivity index (χ2v) is 16.4. The molecule has 1 aliphatic rings. The van der Waals surface area contributed by atoms with Gasteiger partial charge in [0.15, 0.2) is 19.4 Å². The summed E-state index contributed by atoms with van der Waals surface area (Å²) >= 11 is 6.01. The Balaban J connectivity index is 1.49. The van der Waals surface area contributed by atoms with Gasteiger partial charge < -0.3 is 4.42 Å². The van der Waals surface area contributed by atoms with Gasteiger partial charge in [-0.3, -0.25) is 4.90 Å². The molecule has 4 rings (SSSR count). The molecule has 3 aromatic rings. The standard InChI is InChI=1S/C26H35ClN4OSi/c1-17(2)33(18(3)4,19(5)6)26-29-14-23(32-26)16-31-12-11-24-21(15-31)13-28-25(30-24)20-7-9-22(27)10-8-20/h7-10,13-14,17-19H,11-12,15-16H2,1-6H3. The van der Waals surface area contributed by atoms with Crippen LogP contribution in [0.3, 0.4) is 0 Å². The molecule has 0 spiro atoms. The number of hydrogen-bond donors (Lipinski definition) is 0. The Morgan fingerprint density at radius 3 is 2.27 bits per heavy atom. The lowest BCUT2D eigenvalue weighted by Gasteiger charge is -2.39. The first-order valence-corrected chi connectivity index (χ1v) is 14.6. The van der Waals surface area contributed by atoms with Gasteiger partial charge in [-0.2, -0.15) is 0 Å². The molecular formula is C26H35ClN4OSi. The van der Waals surface area contributed by atoms with Crippen LogP contribution in [0.1, 0.15) is 58.6 Å². The molecule has 0 N–H and O–H groups in total. The van der Waals surface area contributed by atoms with Gasteiger partial charge in [-0.1, -0.05) is 53.1 Å². The molecule has 5 nitrogen and oxygen atoms in total. The van der Waals surface area contributed by atoms with E-state index in [0.29, 0.717) is 16.6 Å². The van der Waals surface area contributed by atoms with Crippen molar-refractivity contribution in [3.63, 3.8) is 0 Å². The Kier molecular flexibility index (Phi) is 7.08. The van der Waals surface area contributed by atoms with E-state index in [2.05, 4.69) is 51.4 Å². The molecule has 33 heavy (non-hydrogen) atoms. The van der Waals surface area contributed by atoms with Crippen LogP contribution in [0.4, 0.5) is 0 Å². The predicted octanol–water partition coefficient (Wildman–Crippen LogP) is 6.23. The van der Waals surface area contributed by atoms with Crippen LogP contribution in [0.25, 0.3) is 11.4 Å². The van der Waals surface area contributed by atoms with Crippen LogP contribution in [0, 0.1) is 0 Å². The van der Waals surface area contributed by atoms with Crippen molar-refractivity contribution in [3.8, 4) is 11.4 Å². The number of fused-ring (bicyclic) bond motifs is 1. The van der Waals surface area contributed by atoms with Crippen LogP contribution >= 0.6 is 11.6 Å². The van der Waals surface area contributed by atoms with E-state index >= 15 is 0 Å². The van der Waals surface area contributed by atoms with Gasteiger partial charge in [0.1, 0.15) is 5.76 Å². The Labute approximate surface area is 203 Å². The number of benzene rings is 1. The monoisotopic (exact) mass is 482 g/mol. The summed E-state index contributed by atoms with van der Waals surface area (Å²) < 4.78 is 6.48. The van der Waals surface area contributed by atoms with Crippen LogP contribution in [0.2, 0.25) is 21.6 Å². The third-order valence-electron chi connectivity index (χ3n) is 7.28. The second kappa shape index (κ2) is 9.69. The Bertz CT molecular complexity index is 1070. The van der Waals surface area contributed by atoms with E-state index in [-0.39, 0.29) is 0 Å². The third-order valence-corrected chi connectivity index (χ3v) is 14.2. The Hall–Kier alpha value is -2.02. The van der Waals surface area contributed by atoms with Gasteiger partial charge in [-0.15, -0.1) is 0 Å². The van der Waals surface area contributed by atoms with Crippen molar-refractivity contribution >= 4 is 25.2 Å². The van der Waals surface area contributed by atoms with E-state index < -0.39 is 8.07 Å². The first-order chi connectivity index (χ1) is 15.7. The van der Waals surface area contributed by atoms with Gasteiger partial charge in [-0.25, -0.2) is 15.0 Å². The lowest BCUT2D eigenvalue weighted by atomic mass is 10.1. The summed E-state index contributed by atoms with van der Waals surface area (Å²) in [4.78, 5) is 16.7. The number of rotatable bonds is 7. The molecule has 0 radical (unpaired) electrons. The van der Waals surface area contributed by atoms with Gasteiger partial charge in [0.25, 0.3) is 0 Å². The number of aromatic nitrogens is 3. The molecule has 0 unspecified atom stereocenters. The fraction of sp³-hybridized carbons (Fsp3) is 0.500. The minimum Gasteiger partial charge on any atom is -0.449 e. The minimum absolute atomic E-state index is 0.581. The highest BCUT2D eigenvalue weighted by Crippen LogP contribution is 2.40. The molecule has 1 aliphatic heterocycles. The normalized spacial score (nSPS) is 15.0. The minimum atomic E-state index is -1.87. The summed E-state index contributed by atoms with van der Waals surface area (Å²) in [7, 11) is -1.87. The van der Waals surface area contributed by atoms with Gasteiger partial charge in [0.05, 0.1) is 18.4 Å². The molecule has 0 saturated carbocycles. The van der Waals surface area contributed by atoms with E-state index in [4.69, 9.17) is 26.0 Å². The highest BCUT2D eigenvalue weighted by Gasteiger charge is 2.49. The van der Waals surface area contributed by atoms with E-state index in [1.165, 1.54) is 5.56 Å². The molecule has 0 aliphatic carbocycles. The first kappa shape index (κ1) is 24.1. The van der Waals surface area contributed by atoms with Crippen LogP contribution in [0.15, 0.2) is 41.1 Å². The average molecular weight is 483 g/mol. The molecule has 0 atom stereocenters. The lowest BCUT2D eigenvalue weighted by molar-refractivity contribution is 0.225. The maximum absolute atomic E-state index is 6.48. The van der Waals surface area contributed by atoms with Crippen molar-refractivity contribution in [2.45, 2.75) is 77.7 Å². The quantitative estimate of drug-likeness (QED) is 0.373. The molecule has 2 aromatic heterocycles.